The van der Waals surface area contributed by atoms with Crippen LogP contribution in [0.4, 0.5) is 4.39 Å². The van der Waals surface area contributed by atoms with Crippen LogP contribution < -0.4 is 5.56 Å². The van der Waals surface area contributed by atoms with Gasteiger partial charge in [0.25, 0.3) is 5.56 Å². The van der Waals surface area contributed by atoms with Crippen molar-refractivity contribution >= 4 is 10.0 Å². The smallest absolute Gasteiger partial charge is 0.266 e. The summed E-state index contributed by atoms with van der Waals surface area (Å²) >= 11 is 0. The minimum absolute atomic E-state index is 0.0281. The van der Waals surface area contributed by atoms with E-state index >= 15 is 0 Å². The molecule has 1 aliphatic rings. The maximum absolute atomic E-state index is 13.9. The summed E-state index contributed by atoms with van der Waals surface area (Å²) in [7, 11) is -2.26. The number of sulfonamides is 1. The molecule has 0 radical (unpaired) electrons. The van der Waals surface area contributed by atoms with Crippen LogP contribution in [0.2, 0.25) is 0 Å². The first kappa shape index (κ1) is 17.3. The van der Waals surface area contributed by atoms with Crippen molar-refractivity contribution < 1.29 is 12.8 Å². The molecule has 2 heterocycles. The molecule has 0 aliphatic carbocycles. The predicted octanol–water partition coefficient (Wildman–Crippen LogP) is 0.679. The fourth-order valence-electron chi connectivity index (χ4n) is 2.75. The van der Waals surface area contributed by atoms with Crippen molar-refractivity contribution in [2.45, 2.75) is 18.7 Å². The van der Waals surface area contributed by atoms with E-state index in [1.165, 1.54) is 34.2 Å². The highest BCUT2D eigenvalue weighted by Gasteiger charge is 2.29. The van der Waals surface area contributed by atoms with Crippen molar-refractivity contribution in [2.75, 3.05) is 6.54 Å². The second-order valence-electron chi connectivity index (χ2n) is 5.84. The van der Waals surface area contributed by atoms with E-state index in [-0.39, 0.29) is 29.8 Å². The van der Waals surface area contributed by atoms with Gasteiger partial charge in [-0.15, -0.1) is 0 Å². The van der Waals surface area contributed by atoms with Crippen molar-refractivity contribution in [1.82, 2.24) is 14.1 Å². The summed E-state index contributed by atoms with van der Waals surface area (Å²) in [5, 5.41) is 13.0. The van der Waals surface area contributed by atoms with Crippen LogP contribution in [0.15, 0.2) is 29.1 Å². The molecule has 0 amide bonds. The molecule has 0 saturated carbocycles. The number of aryl methyl sites for hydroxylation is 1. The molecule has 0 bridgehead atoms. The van der Waals surface area contributed by atoms with E-state index in [1.807, 2.05) is 6.07 Å². The molecule has 2 aromatic rings. The van der Waals surface area contributed by atoms with Crippen LogP contribution in [0, 0.1) is 17.1 Å². The average Bonchev–Trinajstić information content (AvgIpc) is 2.57. The zero-order valence-electron chi connectivity index (χ0n) is 13.4. The first-order valence-corrected chi connectivity index (χ1v) is 9.13. The standard InChI is InChI=1S/C16H15FN4O3S/c1-20-16(22)7-12-9-21(5-4-15(12)19-20)25(23,24)10-13-6-11(8-18)2-3-14(13)17/h2-3,6-7H,4-5,9-10H2,1H3. The van der Waals surface area contributed by atoms with Gasteiger partial charge in [-0.1, -0.05) is 0 Å². The number of fused-ring (bicyclic) bond motifs is 1. The summed E-state index contributed by atoms with van der Waals surface area (Å²) in [5.41, 5.74) is 1.08. The molecule has 1 aromatic heterocycles. The monoisotopic (exact) mass is 362 g/mol. The van der Waals surface area contributed by atoms with Gasteiger partial charge in [-0.3, -0.25) is 4.79 Å². The summed E-state index contributed by atoms with van der Waals surface area (Å²) < 4.78 is 41.6. The van der Waals surface area contributed by atoms with Crippen LogP contribution in [0.1, 0.15) is 22.4 Å². The van der Waals surface area contributed by atoms with Gasteiger partial charge in [0.1, 0.15) is 5.82 Å². The molecule has 3 rings (SSSR count). The molecule has 0 fully saturated rings. The van der Waals surface area contributed by atoms with E-state index < -0.39 is 21.6 Å². The zero-order valence-corrected chi connectivity index (χ0v) is 14.3. The molecule has 25 heavy (non-hydrogen) atoms. The van der Waals surface area contributed by atoms with Gasteiger partial charge in [0.2, 0.25) is 10.0 Å². The Bertz CT molecular complexity index is 1040. The van der Waals surface area contributed by atoms with Crippen LogP contribution in [0.5, 0.6) is 0 Å². The van der Waals surface area contributed by atoms with Crippen molar-refractivity contribution in [3.05, 3.63) is 62.8 Å². The van der Waals surface area contributed by atoms with Gasteiger partial charge >= 0.3 is 0 Å². The topological polar surface area (TPSA) is 96.1 Å². The van der Waals surface area contributed by atoms with E-state index in [9.17, 15) is 17.6 Å². The minimum Gasteiger partial charge on any atom is -0.268 e. The summed E-state index contributed by atoms with van der Waals surface area (Å²) in [5.74, 6) is -1.21. The Morgan fingerprint density at radius 1 is 1.36 bits per heavy atom. The molecular formula is C16H15FN4O3S. The van der Waals surface area contributed by atoms with Crippen LogP contribution in [-0.4, -0.2) is 29.0 Å². The molecule has 0 spiro atoms. The number of hydrogen-bond acceptors (Lipinski definition) is 5. The van der Waals surface area contributed by atoms with E-state index in [2.05, 4.69) is 5.10 Å². The maximum Gasteiger partial charge on any atom is 0.266 e. The van der Waals surface area contributed by atoms with Crippen LogP contribution in [-0.2, 0) is 35.8 Å². The fraction of sp³-hybridized carbons (Fsp3) is 0.312. The van der Waals surface area contributed by atoms with Gasteiger partial charge in [0.05, 0.1) is 23.1 Å². The predicted molar refractivity (Wildman–Crippen MR) is 87.3 cm³/mol. The third-order valence-electron chi connectivity index (χ3n) is 4.11. The fourth-order valence-corrected chi connectivity index (χ4v) is 4.25. The summed E-state index contributed by atoms with van der Waals surface area (Å²) in [6.07, 6.45) is 0.378. The van der Waals surface area contributed by atoms with Crippen molar-refractivity contribution in [2.24, 2.45) is 7.05 Å². The Morgan fingerprint density at radius 2 is 2.12 bits per heavy atom. The highest BCUT2D eigenvalue weighted by molar-refractivity contribution is 7.88. The Kier molecular flexibility index (Phi) is 4.41. The van der Waals surface area contributed by atoms with Crippen molar-refractivity contribution in [3.8, 4) is 6.07 Å². The van der Waals surface area contributed by atoms with Gasteiger partial charge in [0.15, 0.2) is 0 Å². The number of halogens is 1. The summed E-state index contributed by atoms with van der Waals surface area (Å²) in [6, 6.07) is 6.86. The zero-order chi connectivity index (χ0) is 18.2. The van der Waals surface area contributed by atoms with E-state index in [4.69, 9.17) is 5.26 Å². The molecule has 0 saturated heterocycles. The van der Waals surface area contributed by atoms with Gasteiger partial charge in [-0.2, -0.15) is 14.7 Å². The number of aromatic nitrogens is 2. The molecule has 0 N–H and O–H groups in total. The summed E-state index contributed by atoms with van der Waals surface area (Å²) in [4.78, 5) is 11.7. The van der Waals surface area contributed by atoms with Crippen LogP contribution >= 0.6 is 0 Å². The van der Waals surface area contributed by atoms with Crippen LogP contribution in [0.3, 0.4) is 0 Å². The van der Waals surface area contributed by atoms with E-state index in [0.29, 0.717) is 17.7 Å². The average molecular weight is 362 g/mol. The Morgan fingerprint density at radius 3 is 2.84 bits per heavy atom. The highest BCUT2D eigenvalue weighted by atomic mass is 32.2. The van der Waals surface area contributed by atoms with Crippen molar-refractivity contribution in [3.63, 3.8) is 0 Å². The lowest BCUT2D eigenvalue weighted by Gasteiger charge is -2.27. The molecule has 130 valence electrons. The lowest BCUT2D eigenvalue weighted by Crippen LogP contribution is -2.38. The van der Waals surface area contributed by atoms with Gasteiger partial charge in [0, 0.05) is 38.2 Å². The number of hydrogen-bond donors (Lipinski definition) is 0. The Hall–Kier alpha value is -2.57. The first-order chi connectivity index (χ1) is 11.8. The molecule has 1 aliphatic heterocycles. The molecule has 0 unspecified atom stereocenters. The lowest BCUT2D eigenvalue weighted by atomic mass is 10.1. The molecule has 0 atom stereocenters. The van der Waals surface area contributed by atoms with Crippen molar-refractivity contribution in [1.29, 1.82) is 5.26 Å². The number of nitrogens with zero attached hydrogens (tertiary/aromatic N) is 4. The Balaban J connectivity index is 1.88. The van der Waals surface area contributed by atoms with E-state index in [1.54, 1.807) is 0 Å². The molecular weight excluding hydrogens is 347 g/mol. The third-order valence-corrected chi connectivity index (χ3v) is 5.88. The highest BCUT2D eigenvalue weighted by Crippen LogP contribution is 2.22. The number of nitriles is 1. The Labute approximate surface area is 144 Å². The van der Waals surface area contributed by atoms with Gasteiger partial charge in [-0.25, -0.2) is 17.5 Å². The number of rotatable bonds is 3. The second-order valence-corrected chi connectivity index (χ2v) is 7.80. The van der Waals surface area contributed by atoms with E-state index in [0.717, 1.165) is 6.07 Å². The van der Waals surface area contributed by atoms with Gasteiger partial charge < -0.3 is 0 Å². The molecule has 9 heteroatoms. The van der Waals surface area contributed by atoms with Crippen LogP contribution in [0.25, 0.3) is 0 Å². The maximum atomic E-state index is 13.9. The molecule has 1 aromatic carbocycles. The lowest BCUT2D eigenvalue weighted by molar-refractivity contribution is 0.381. The first-order valence-electron chi connectivity index (χ1n) is 7.52. The second kappa shape index (κ2) is 6.38. The molecule has 7 nitrogen and oxygen atoms in total. The quantitative estimate of drug-likeness (QED) is 0.800. The third kappa shape index (κ3) is 3.45. The summed E-state index contributed by atoms with van der Waals surface area (Å²) in [6.45, 7) is 0.237. The number of benzene rings is 1. The largest absolute Gasteiger partial charge is 0.268 e. The SMILES string of the molecule is Cn1nc2c(cc1=O)CN(S(=O)(=O)Cc1cc(C#N)ccc1F)CC2. The van der Waals surface area contributed by atoms with Gasteiger partial charge in [-0.05, 0) is 23.8 Å². The minimum atomic E-state index is -3.80. The normalized spacial score (nSPS) is 14.8.